The van der Waals surface area contributed by atoms with Crippen molar-refractivity contribution in [2.75, 3.05) is 0 Å². The van der Waals surface area contributed by atoms with Crippen LogP contribution in [0.4, 0.5) is 0 Å². The Labute approximate surface area is 519 Å². The minimum absolute atomic E-state index is 0. The zero-order valence-corrected chi connectivity index (χ0v) is 55.1. The maximum absolute atomic E-state index is 4.76. The molecule has 14 aromatic carbocycles. The predicted octanol–water partition coefficient (Wildman–Crippen LogP) is 23.6. The first-order valence-electron chi connectivity index (χ1n) is 30.4. The zero-order chi connectivity index (χ0) is 56.8. The Morgan fingerprint density at radius 3 is 0.709 bits per heavy atom. The molecular formula is C82H68Cl2SiZr. The van der Waals surface area contributed by atoms with Gasteiger partial charge < -0.3 is 0 Å². The molecule has 14 aromatic rings. The fourth-order valence-electron chi connectivity index (χ4n) is 16.3. The Bertz CT molecular complexity index is 4780. The summed E-state index contributed by atoms with van der Waals surface area (Å²) in [6.45, 7) is 12.5. The van der Waals surface area contributed by atoms with Crippen LogP contribution in [0.2, 0.25) is 9.26 Å². The molecule has 0 N–H and O–H groups in total. The van der Waals surface area contributed by atoms with Crippen molar-refractivity contribution >= 4 is 130 Å². The molecule has 418 valence electrons. The number of benzene rings is 14. The van der Waals surface area contributed by atoms with Gasteiger partial charge in [0, 0.05) is 0 Å². The number of hydrogen-bond acceptors (Lipinski definition) is 0. The van der Waals surface area contributed by atoms with E-state index in [-0.39, 0.29) is 43.9 Å². The smallest absolute Gasteiger partial charge is 0.147 e. The second-order valence-electron chi connectivity index (χ2n) is 26.2. The molecule has 4 heteroatoms. The van der Waals surface area contributed by atoms with E-state index in [0.29, 0.717) is 0 Å². The largest absolute Gasteiger partial charge is 0.147 e. The van der Waals surface area contributed by atoms with Gasteiger partial charge in [0.05, 0.1) is 0 Å². The molecule has 0 heterocycles. The van der Waals surface area contributed by atoms with Crippen LogP contribution in [0, 0.1) is 11.8 Å². The Morgan fingerprint density at radius 2 is 0.488 bits per heavy atom. The first kappa shape index (κ1) is 56.1. The van der Waals surface area contributed by atoms with Crippen molar-refractivity contribution in [3.63, 3.8) is 0 Å². The molecule has 0 aliphatic heterocycles. The molecule has 16 rings (SSSR count). The average Bonchev–Trinajstić information content (AvgIpc) is 1.47. The van der Waals surface area contributed by atoms with Crippen LogP contribution in [0.3, 0.4) is 0 Å². The summed E-state index contributed by atoms with van der Waals surface area (Å²) in [6, 6.07) is 93.0. The molecule has 0 saturated carbocycles. The van der Waals surface area contributed by atoms with Crippen LogP contribution in [0.1, 0.15) is 57.2 Å². The van der Waals surface area contributed by atoms with Crippen molar-refractivity contribution in [2.45, 2.75) is 44.2 Å². The third kappa shape index (κ3) is 8.45. The van der Waals surface area contributed by atoms with E-state index in [1.807, 2.05) is 0 Å². The molecule has 0 saturated heterocycles. The van der Waals surface area contributed by atoms with Gasteiger partial charge in [-0.3, -0.25) is 0 Å². The average molecular weight is 1240 g/mol. The topological polar surface area (TPSA) is 0 Å². The van der Waals surface area contributed by atoms with Gasteiger partial charge in [-0.15, -0.1) is 24.8 Å². The van der Waals surface area contributed by atoms with Gasteiger partial charge in [-0.05, 0) is 0 Å². The molecule has 2 aliphatic rings. The Morgan fingerprint density at radius 1 is 0.291 bits per heavy atom. The van der Waals surface area contributed by atoms with Gasteiger partial charge in [0.25, 0.3) is 0 Å². The molecule has 0 spiro atoms. The molecule has 0 fully saturated rings. The number of halogens is 2. The summed E-state index contributed by atoms with van der Waals surface area (Å²) < 4.78 is 6.18. The van der Waals surface area contributed by atoms with Gasteiger partial charge in [-0.2, -0.15) is 0 Å². The first-order valence-corrected chi connectivity index (χ1v) is 44.1. The second-order valence-corrected chi connectivity index (χ2v) is 56.6. The maximum atomic E-state index is 2.90. The normalized spacial score (nSPS) is 15.0. The molecule has 0 amide bonds. The number of allylic oxidation sites excluding steroid dienone is 2. The number of rotatable bonds is 8. The van der Waals surface area contributed by atoms with Crippen molar-refractivity contribution in [3.8, 4) is 44.5 Å². The third-order valence-corrected chi connectivity index (χ3v) is 37.0. The van der Waals surface area contributed by atoms with Crippen LogP contribution >= 0.6 is 24.8 Å². The summed E-state index contributed by atoms with van der Waals surface area (Å²) in [7, 11) is 0. The minimum atomic E-state index is -4.76. The van der Waals surface area contributed by atoms with E-state index in [0.717, 1.165) is 0 Å². The van der Waals surface area contributed by atoms with Crippen molar-refractivity contribution in [1.29, 1.82) is 0 Å². The molecular weight excluding hydrogens is 1180 g/mol. The van der Waals surface area contributed by atoms with Crippen molar-refractivity contribution in [3.05, 3.63) is 276 Å². The van der Waals surface area contributed by atoms with Crippen LogP contribution in [-0.4, -0.2) is 6.88 Å². The summed E-state index contributed by atoms with van der Waals surface area (Å²) >= 11 is -4.76. The van der Waals surface area contributed by atoms with Gasteiger partial charge in [-0.1, -0.05) is 0 Å². The number of hydrogen-bond donors (Lipinski definition) is 0. The summed E-state index contributed by atoms with van der Waals surface area (Å²) in [5.74, 6) is 0.577. The van der Waals surface area contributed by atoms with Gasteiger partial charge in [-0.25, -0.2) is 0 Å². The summed E-state index contributed by atoms with van der Waals surface area (Å²) in [6.07, 6.45) is 5.49. The molecule has 0 aromatic heterocycles. The van der Waals surface area contributed by atoms with Crippen LogP contribution in [0.25, 0.3) is 143 Å². The van der Waals surface area contributed by atoms with Crippen LogP contribution in [0.5, 0.6) is 0 Å². The predicted molar refractivity (Wildman–Crippen MR) is 381 cm³/mol. The zero-order valence-electron chi connectivity index (χ0n) is 49.6. The van der Waals surface area contributed by atoms with Gasteiger partial charge in [0.1, 0.15) is 0 Å². The Hall–Kier alpha value is -7.68. The molecule has 0 radical (unpaired) electrons. The van der Waals surface area contributed by atoms with Gasteiger partial charge in [0.2, 0.25) is 0 Å². The molecule has 86 heavy (non-hydrogen) atoms. The minimum Gasteiger partial charge on any atom is -0.147 e. The first-order chi connectivity index (χ1) is 40.9. The van der Waals surface area contributed by atoms with Crippen molar-refractivity contribution < 1.29 is 17.4 Å². The van der Waals surface area contributed by atoms with Gasteiger partial charge in [0.15, 0.2) is 0 Å². The molecule has 2 atom stereocenters. The maximum Gasteiger partial charge on any atom is -0.147 e. The molecule has 0 nitrogen and oxygen atoms in total. The van der Waals surface area contributed by atoms with E-state index in [1.54, 1.807) is 11.1 Å². The Kier molecular flexibility index (Phi) is 13.7. The third-order valence-electron chi connectivity index (χ3n) is 19.8. The summed E-state index contributed by atoms with van der Waals surface area (Å²) in [5, 5.41) is 20.7. The quantitative estimate of drug-likeness (QED) is 0.105. The van der Waals surface area contributed by atoms with Crippen molar-refractivity contribution in [1.82, 2.24) is 0 Å². The van der Waals surface area contributed by atoms with Crippen LogP contribution in [-0.2, 0) is 17.4 Å². The summed E-state index contributed by atoms with van der Waals surface area (Å²) in [4.78, 5) is 0. The second kappa shape index (κ2) is 21.0. The van der Waals surface area contributed by atoms with E-state index in [4.69, 9.17) is 0 Å². The van der Waals surface area contributed by atoms with Gasteiger partial charge >= 0.3 is 499 Å². The van der Waals surface area contributed by atoms with Crippen LogP contribution < -0.4 is 0 Å². The summed E-state index contributed by atoms with van der Waals surface area (Å²) in [5.41, 5.74) is 19.8. The SMILES string of the molecule is CC(C)C1=Cc2c(-c3c4ccccc4cc4ccccc34)ccc(-c3c4ccccc4cc4ccccc34)c2[CH]1[Zr]([CH3])([CH3])(=[SiH2])[CH]1C(C(C)C)=Cc2c(-c3c4ccccc4cc4ccccc34)ccc(-c3c4ccccc4cc4ccccc34)c21.Cl.Cl. The van der Waals surface area contributed by atoms with E-state index < -0.39 is 17.4 Å². The fraction of sp³-hybridized carbons (Fsp3) is 0.122. The van der Waals surface area contributed by atoms with E-state index in [1.165, 1.54) is 153 Å². The van der Waals surface area contributed by atoms with E-state index in [9.17, 15) is 0 Å². The van der Waals surface area contributed by atoms with Crippen molar-refractivity contribution in [2.24, 2.45) is 11.8 Å². The van der Waals surface area contributed by atoms with Crippen LogP contribution in [0.15, 0.2) is 254 Å². The van der Waals surface area contributed by atoms with E-state index in [2.05, 4.69) is 299 Å². The monoisotopic (exact) mass is 1240 g/mol. The molecule has 2 unspecified atom stereocenters. The molecule has 2 aliphatic carbocycles. The molecule has 0 bridgehead atoms. The standard InChI is InChI=1S/2C40H29.2CH3.2ClH.H2Si.Zr/c2*1-25(2)30-23-37-35(39-31-15-7-3-11-26(31)21-27-12-4-8-16-32(27)39)19-20-36(38(37)24-30)40-33-17-9-5-13-28(33)22-29-14-6-10-18-34(29)40;;;;;;/h2*3-25H,1-2H3;2*1H3;2*1H;1H2;. The fourth-order valence-corrected chi connectivity index (χ4v) is 36.0. The Balaban J connectivity index is 0.00000327. The number of fused-ring (bicyclic) bond motifs is 10. The van der Waals surface area contributed by atoms with E-state index >= 15 is 0 Å².